The summed E-state index contributed by atoms with van der Waals surface area (Å²) in [5.74, 6) is 0.834. The van der Waals surface area contributed by atoms with E-state index in [-0.39, 0.29) is 11.3 Å². The number of ether oxygens (including phenoxy) is 1. The van der Waals surface area contributed by atoms with Crippen molar-refractivity contribution >= 4 is 28.5 Å². The molecule has 3 heterocycles. The van der Waals surface area contributed by atoms with Gasteiger partial charge in [0.15, 0.2) is 5.82 Å². The molecule has 0 spiro atoms. The van der Waals surface area contributed by atoms with Crippen LogP contribution in [0.15, 0.2) is 6.20 Å². The molecule has 1 aliphatic heterocycles. The minimum Gasteiger partial charge on any atom is -0.377 e. The van der Waals surface area contributed by atoms with Gasteiger partial charge in [-0.1, -0.05) is 0 Å². The minimum absolute atomic E-state index is 0.254. The van der Waals surface area contributed by atoms with Crippen molar-refractivity contribution in [2.45, 2.75) is 13.0 Å². The lowest BCUT2D eigenvalue weighted by molar-refractivity contribution is 0.0986. The van der Waals surface area contributed by atoms with E-state index < -0.39 is 0 Å². The van der Waals surface area contributed by atoms with Crippen molar-refractivity contribution in [3.05, 3.63) is 11.5 Å². The van der Waals surface area contributed by atoms with Crippen molar-refractivity contribution in [2.24, 2.45) is 7.05 Å². The van der Waals surface area contributed by atoms with Crippen LogP contribution in [0.3, 0.4) is 0 Å². The van der Waals surface area contributed by atoms with Crippen molar-refractivity contribution in [1.29, 1.82) is 0 Å². The Labute approximate surface area is 110 Å². The first-order chi connectivity index (χ1) is 8.66. The zero-order valence-corrected chi connectivity index (χ0v) is 11.1. The summed E-state index contributed by atoms with van der Waals surface area (Å²) in [5, 5.41) is 4.47. The van der Waals surface area contributed by atoms with Crippen LogP contribution in [0.25, 0.3) is 11.0 Å². The zero-order chi connectivity index (χ0) is 12.7. The van der Waals surface area contributed by atoms with Gasteiger partial charge in [0.1, 0.15) is 11.0 Å². The highest BCUT2D eigenvalue weighted by Gasteiger charge is 2.24. The molecule has 96 valence electrons. The van der Waals surface area contributed by atoms with Crippen LogP contribution >= 0.6 is 11.6 Å². The van der Waals surface area contributed by atoms with Crippen molar-refractivity contribution in [3.63, 3.8) is 0 Å². The Morgan fingerprint density at radius 2 is 2.28 bits per heavy atom. The Balaban J connectivity index is 2.17. The highest BCUT2D eigenvalue weighted by Crippen LogP contribution is 2.27. The molecular weight excluding hydrogens is 254 g/mol. The molecular formula is C11H14ClN5O. The monoisotopic (exact) mass is 267 g/mol. The van der Waals surface area contributed by atoms with Crippen LogP contribution in [0.4, 0.5) is 5.82 Å². The number of anilines is 1. The standard InChI is InChI=1S/C11H14ClN5O/c1-7-6-18-4-3-17(7)10-9-8(5-13-16(9)2)14-11(12)15-10/h5,7H,3-4,6H2,1-2H3. The fraction of sp³-hybridized carbons (Fsp3) is 0.545. The summed E-state index contributed by atoms with van der Waals surface area (Å²) >= 11 is 5.98. The van der Waals surface area contributed by atoms with E-state index in [1.54, 1.807) is 10.9 Å². The van der Waals surface area contributed by atoms with E-state index in [0.717, 1.165) is 23.4 Å². The third-order valence-corrected chi connectivity index (χ3v) is 3.35. The van der Waals surface area contributed by atoms with Crippen molar-refractivity contribution in [1.82, 2.24) is 19.7 Å². The maximum absolute atomic E-state index is 5.98. The summed E-state index contributed by atoms with van der Waals surface area (Å²) in [4.78, 5) is 10.8. The van der Waals surface area contributed by atoms with Gasteiger partial charge in [-0.25, -0.2) is 4.98 Å². The molecule has 18 heavy (non-hydrogen) atoms. The topological polar surface area (TPSA) is 56.1 Å². The molecule has 1 saturated heterocycles. The lowest BCUT2D eigenvalue weighted by Gasteiger charge is -2.34. The summed E-state index contributed by atoms with van der Waals surface area (Å²) in [6, 6.07) is 0.266. The molecule has 0 aromatic carbocycles. The van der Waals surface area contributed by atoms with E-state index in [2.05, 4.69) is 26.9 Å². The molecule has 2 aromatic rings. The summed E-state index contributed by atoms with van der Waals surface area (Å²) in [7, 11) is 1.88. The van der Waals surface area contributed by atoms with Gasteiger partial charge in [-0.15, -0.1) is 0 Å². The smallest absolute Gasteiger partial charge is 0.225 e. The second kappa shape index (κ2) is 4.37. The molecule has 0 aliphatic carbocycles. The maximum Gasteiger partial charge on any atom is 0.225 e. The fourth-order valence-electron chi connectivity index (χ4n) is 2.27. The van der Waals surface area contributed by atoms with Crippen molar-refractivity contribution in [3.8, 4) is 0 Å². The van der Waals surface area contributed by atoms with E-state index in [1.165, 1.54) is 0 Å². The second-order valence-corrected chi connectivity index (χ2v) is 4.77. The van der Waals surface area contributed by atoms with Gasteiger partial charge in [0.05, 0.1) is 25.5 Å². The normalized spacial score (nSPS) is 20.6. The van der Waals surface area contributed by atoms with Crippen LogP contribution in [0, 0.1) is 0 Å². The molecule has 0 N–H and O–H groups in total. The average Bonchev–Trinajstić information content (AvgIpc) is 2.71. The Kier molecular flexibility index (Phi) is 2.83. The molecule has 0 radical (unpaired) electrons. The molecule has 7 heteroatoms. The lowest BCUT2D eigenvalue weighted by Crippen LogP contribution is -2.44. The van der Waals surface area contributed by atoms with Gasteiger partial charge in [0.25, 0.3) is 0 Å². The van der Waals surface area contributed by atoms with Crippen LogP contribution in [-0.2, 0) is 11.8 Å². The fourth-order valence-corrected chi connectivity index (χ4v) is 2.44. The van der Waals surface area contributed by atoms with E-state index in [4.69, 9.17) is 16.3 Å². The van der Waals surface area contributed by atoms with Gasteiger partial charge in [-0.05, 0) is 18.5 Å². The number of halogens is 1. The Bertz CT molecular complexity index is 584. The number of hydrogen-bond acceptors (Lipinski definition) is 5. The predicted molar refractivity (Wildman–Crippen MR) is 68.9 cm³/mol. The zero-order valence-electron chi connectivity index (χ0n) is 10.3. The van der Waals surface area contributed by atoms with Crippen LogP contribution in [0.5, 0.6) is 0 Å². The molecule has 6 nitrogen and oxygen atoms in total. The van der Waals surface area contributed by atoms with Crippen LogP contribution < -0.4 is 4.90 Å². The summed E-state index contributed by atoms with van der Waals surface area (Å²) in [6.45, 7) is 4.30. The number of rotatable bonds is 1. The quantitative estimate of drug-likeness (QED) is 0.728. The van der Waals surface area contributed by atoms with Gasteiger partial charge in [-0.2, -0.15) is 10.1 Å². The van der Waals surface area contributed by atoms with Gasteiger partial charge in [-0.3, -0.25) is 4.68 Å². The highest BCUT2D eigenvalue weighted by molar-refractivity contribution is 6.28. The first kappa shape index (κ1) is 11.7. The molecule has 2 aromatic heterocycles. The summed E-state index contributed by atoms with van der Waals surface area (Å²) in [5.41, 5.74) is 1.68. The molecule has 1 fully saturated rings. The van der Waals surface area contributed by atoms with E-state index in [0.29, 0.717) is 13.2 Å². The number of nitrogens with zero attached hydrogens (tertiary/aromatic N) is 5. The number of aromatic nitrogens is 4. The molecule has 1 aliphatic rings. The highest BCUT2D eigenvalue weighted by atomic mass is 35.5. The van der Waals surface area contributed by atoms with Gasteiger partial charge >= 0.3 is 0 Å². The summed E-state index contributed by atoms with van der Waals surface area (Å²) < 4.78 is 7.23. The second-order valence-electron chi connectivity index (χ2n) is 4.44. The average molecular weight is 268 g/mol. The number of hydrogen-bond donors (Lipinski definition) is 0. The molecule has 0 saturated carbocycles. The van der Waals surface area contributed by atoms with E-state index in [9.17, 15) is 0 Å². The Hall–Kier alpha value is -1.40. The van der Waals surface area contributed by atoms with Crippen LogP contribution in [-0.4, -0.2) is 45.5 Å². The lowest BCUT2D eigenvalue weighted by atomic mass is 10.2. The molecule has 1 unspecified atom stereocenters. The third kappa shape index (κ3) is 1.81. The van der Waals surface area contributed by atoms with Crippen molar-refractivity contribution < 1.29 is 4.74 Å². The van der Waals surface area contributed by atoms with Gasteiger partial charge in [0.2, 0.25) is 5.28 Å². The third-order valence-electron chi connectivity index (χ3n) is 3.18. The van der Waals surface area contributed by atoms with Gasteiger partial charge in [0, 0.05) is 13.6 Å². The van der Waals surface area contributed by atoms with E-state index in [1.807, 2.05) is 7.05 Å². The number of morpholine rings is 1. The molecule has 0 bridgehead atoms. The molecule has 3 rings (SSSR count). The molecule has 0 amide bonds. The largest absolute Gasteiger partial charge is 0.377 e. The number of aryl methyl sites for hydroxylation is 1. The SMILES string of the molecule is CC1COCCN1c1nc(Cl)nc2cnn(C)c12. The first-order valence-electron chi connectivity index (χ1n) is 5.86. The first-order valence-corrected chi connectivity index (χ1v) is 6.24. The van der Waals surface area contributed by atoms with Gasteiger partial charge < -0.3 is 9.64 Å². The minimum atomic E-state index is 0.254. The van der Waals surface area contributed by atoms with Crippen LogP contribution in [0.1, 0.15) is 6.92 Å². The Morgan fingerprint density at radius 1 is 1.44 bits per heavy atom. The van der Waals surface area contributed by atoms with Crippen molar-refractivity contribution in [2.75, 3.05) is 24.7 Å². The Morgan fingerprint density at radius 3 is 3.06 bits per heavy atom. The summed E-state index contributed by atoms with van der Waals surface area (Å²) in [6.07, 6.45) is 1.71. The predicted octanol–water partition coefficient (Wildman–Crippen LogP) is 1.24. The van der Waals surface area contributed by atoms with E-state index >= 15 is 0 Å². The number of fused-ring (bicyclic) bond motifs is 1. The maximum atomic E-state index is 5.98. The molecule has 1 atom stereocenters. The van der Waals surface area contributed by atoms with Crippen LogP contribution in [0.2, 0.25) is 5.28 Å².